The normalized spacial score (nSPS) is 27.2. The van der Waals surface area contributed by atoms with Gasteiger partial charge in [-0.1, -0.05) is 6.42 Å². The van der Waals surface area contributed by atoms with Crippen LogP contribution in [0.4, 0.5) is 0 Å². The third-order valence-corrected chi connectivity index (χ3v) is 4.87. The number of nitrogens with one attached hydrogen (secondary N) is 1. The average molecular weight is 326 g/mol. The summed E-state index contributed by atoms with van der Waals surface area (Å²) < 4.78 is 10.4. The molecule has 2 fully saturated rings. The van der Waals surface area contributed by atoms with Gasteiger partial charge in [0.2, 0.25) is 5.91 Å². The summed E-state index contributed by atoms with van der Waals surface area (Å²) in [6.07, 6.45) is 4.42. The standard InChI is InChI=1S/C17H30N2O4/c1-12(2)23-9-5-8-18-15(20)11-19-10-13-6-4-7-14(13)16(19)17(21)22-3/h12-14,16H,4-11H2,1-3H3,(H,18,20). The zero-order valence-electron chi connectivity index (χ0n) is 14.5. The number of ether oxygens (including phenoxy) is 2. The van der Waals surface area contributed by atoms with E-state index in [9.17, 15) is 9.59 Å². The first-order chi connectivity index (χ1) is 11.0. The molecule has 1 saturated heterocycles. The number of carbonyl (C=O) groups excluding carboxylic acids is 2. The van der Waals surface area contributed by atoms with Crippen LogP contribution in [-0.2, 0) is 19.1 Å². The van der Waals surface area contributed by atoms with Crippen molar-refractivity contribution in [3.63, 3.8) is 0 Å². The second-order valence-electron chi connectivity index (χ2n) is 6.88. The van der Waals surface area contributed by atoms with Crippen molar-refractivity contribution in [2.75, 3.05) is 33.4 Å². The molecular weight excluding hydrogens is 296 g/mol. The minimum absolute atomic E-state index is 0.0246. The minimum Gasteiger partial charge on any atom is -0.468 e. The Morgan fingerprint density at radius 1 is 1.30 bits per heavy atom. The maximum absolute atomic E-state index is 12.1. The number of methoxy groups -OCH3 is 1. The highest BCUT2D eigenvalue weighted by molar-refractivity contribution is 5.81. The van der Waals surface area contributed by atoms with Crippen molar-refractivity contribution in [2.24, 2.45) is 11.8 Å². The van der Waals surface area contributed by atoms with Gasteiger partial charge in [-0.3, -0.25) is 14.5 Å². The molecule has 0 spiro atoms. The Hall–Kier alpha value is -1.14. The Balaban J connectivity index is 1.76. The van der Waals surface area contributed by atoms with Crippen molar-refractivity contribution < 1.29 is 19.1 Å². The van der Waals surface area contributed by atoms with E-state index in [2.05, 4.69) is 5.32 Å². The van der Waals surface area contributed by atoms with E-state index < -0.39 is 0 Å². The minimum atomic E-state index is -0.248. The number of nitrogens with zero attached hydrogens (tertiary/aromatic N) is 1. The second kappa shape index (κ2) is 8.64. The molecule has 1 N–H and O–H groups in total. The fourth-order valence-electron chi connectivity index (χ4n) is 3.86. The average Bonchev–Trinajstić information content (AvgIpc) is 3.06. The third kappa shape index (κ3) is 4.91. The molecule has 0 aromatic carbocycles. The third-order valence-electron chi connectivity index (χ3n) is 4.87. The smallest absolute Gasteiger partial charge is 0.323 e. The van der Waals surface area contributed by atoms with Gasteiger partial charge in [0, 0.05) is 19.7 Å². The Morgan fingerprint density at radius 3 is 2.78 bits per heavy atom. The summed E-state index contributed by atoms with van der Waals surface area (Å²) in [5.41, 5.74) is 0. The fourth-order valence-corrected chi connectivity index (χ4v) is 3.86. The summed E-state index contributed by atoms with van der Waals surface area (Å²) in [4.78, 5) is 26.2. The zero-order valence-corrected chi connectivity index (χ0v) is 14.5. The van der Waals surface area contributed by atoms with Crippen LogP contribution in [0.3, 0.4) is 0 Å². The molecule has 1 aliphatic carbocycles. The quantitative estimate of drug-likeness (QED) is 0.536. The van der Waals surface area contributed by atoms with Crippen LogP contribution in [0.5, 0.6) is 0 Å². The topological polar surface area (TPSA) is 67.9 Å². The lowest BCUT2D eigenvalue weighted by Crippen LogP contribution is -2.45. The number of likely N-dealkylation sites (tertiary alicyclic amines) is 1. The molecule has 3 unspecified atom stereocenters. The van der Waals surface area contributed by atoms with Crippen LogP contribution in [-0.4, -0.2) is 62.3 Å². The van der Waals surface area contributed by atoms with Gasteiger partial charge in [0.05, 0.1) is 19.8 Å². The molecule has 0 aromatic rings. The van der Waals surface area contributed by atoms with E-state index >= 15 is 0 Å². The number of rotatable bonds is 8. The van der Waals surface area contributed by atoms with Crippen molar-refractivity contribution in [3.8, 4) is 0 Å². The molecule has 6 nitrogen and oxygen atoms in total. The first-order valence-electron chi connectivity index (χ1n) is 8.73. The predicted molar refractivity (Wildman–Crippen MR) is 86.9 cm³/mol. The van der Waals surface area contributed by atoms with Crippen LogP contribution >= 0.6 is 0 Å². The lowest BCUT2D eigenvalue weighted by Gasteiger charge is -2.24. The molecule has 0 bridgehead atoms. The van der Waals surface area contributed by atoms with E-state index in [1.54, 1.807) is 0 Å². The number of hydrogen-bond donors (Lipinski definition) is 1. The van der Waals surface area contributed by atoms with Crippen LogP contribution in [0.2, 0.25) is 0 Å². The van der Waals surface area contributed by atoms with Crippen molar-refractivity contribution in [2.45, 2.75) is 51.7 Å². The fraction of sp³-hybridized carbons (Fsp3) is 0.882. The van der Waals surface area contributed by atoms with Gasteiger partial charge in [-0.25, -0.2) is 0 Å². The monoisotopic (exact) mass is 326 g/mol. The van der Waals surface area contributed by atoms with Gasteiger partial charge >= 0.3 is 5.97 Å². The Kier molecular flexibility index (Phi) is 6.84. The van der Waals surface area contributed by atoms with Gasteiger partial charge in [-0.05, 0) is 44.9 Å². The van der Waals surface area contributed by atoms with Gasteiger partial charge in [-0.2, -0.15) is 0 Å². The van der Waals surface area contributed by atoms with Crippen LogP contribution in [0, 0.1) is 11.8 Å². The molecule has 0 aromatic heterocycles. The molecule has 1 heterocycles. The highest BCUT2D eigenvalue weighted by atomic mass is 16.5. The van der Waals surface area contributed by atoms with E-state index in [-0.39, 0.29) is 30.6 Å². The summed E-state index contributed by atoms with van der Waals surface area (Å²) in [5, 5.41) is 2.91. The molecular formula is C17H30N2O4. The van der Waals surface area contributed by atoms with E-state index in [0.29, 0.717) is 25.0 Å². The summed E-state index contributed by atoms with van der Waals surface area (Å²) in [6, 6.07) is -0.248. The number of hydrogen-bond acceptors (Lipinski definition) is 5. The lowest BCUT2D eigenvalue weighted by atomic mass is 9.94. The molecule has 23 heavy (non-hydrogen) atoms. The van der Waals surface area contributed by atoms with Gasteiger partial charge in [-0.15, -0.1) is 0 Å². The van der Waals surface area contributed by atoms with Crippen LogP contribution in [0.1, 0.15) is 39.5 Å². The van der Waals surface area contributed by atoms with Crippen molar-refractivity contribution in [1.29, 1.82) is 0 Å². The van der Waals surface area contributed by atoms with Crippen molar-refractivity contribution in [1.82, 2.24) is 10.2 Å². The summed E-state index contributed by atoms with van der Waals surface area (Å²) in [6.45, 7) is 6.35. The first kappa shape index (κ1) is 18.2. The molecule has 3 atom stereocenters. The molecule has 6 heteroatoms. The molecule has 0 radical (unpaired) electrons. The molecule has 1 amide bonds. The molecule has 2 rings (SSSR count). The molecule has 1 aliphatic heterocycles. The van der Waals surface area contributed by atoms with Gasteiger partial charge in [0.1, 0.15) is 6.04 Å². The highest BCUT2D eigenvalue weighted by Gasteiger charge is 2.48. The summed E-state index contributed by atoms with van der Waals surface area (Å²) in [5.74, 6) is 0.669. The summed E-state index contributed by atoms with van der Waals surface area (Å²) >= 11 is 0. The Bertz CT molecular complexity index is 413. The van der Waals surface area contributed by atoms with Gasteiger partial charge < -0.3 is 14.8 Å². The maximum atomic E-state index is 12.1. The van der Waals surface area contributed by atoms with E-state index in [4.69, 9.17) is 9.47 Å². The van der Waals surface area contributed by atoms with Crippen LogP contribution in [0.25, 0.3) is 0 Å². The van der Waals surface area contributed by atoms with Crippen molar-refractivity contribution in [3.05, 3.63) is 0 Å². The molecule has 1 saturated carbocycles. The lowest BCUT2D eigenvalue weighted by molar-refractivity contribution is -0.147. The van der Waals surface area contributed by atoms with E-state index in [1.807, 2.05) is 18.7 Å². The Morgan fingerprint density at radius 2 is 2.09 bits per heavy atom. The SMILES string of the molecule is COC(=O)C1C2CCCC2CN1CC(=O)NCCCOC(C)C. The van der Waals surface area contributed by atoms with E-state index in [1.165, 1.54) is 13.5 Å². The van der Waals surface area contributed by atoms with E-state index in [0.717, 1.165) is 25.8 Å². The van der Waals surface area contributed by atoms with Crippen molar-refractivity contribution >= 4 is 11.9 Å². The predicted octanol–water partition coefficient (Wildman–Crippen LogP) is 1.19. The number of fused-ring (bicyclic) bond motifs is 1. The maximum Gasteiger partial charge on any atom is 0.323 e. The highest BCUT2D eigenvalue weighted by Crippen LogP contribution is 2.42. The second-order valence-corrected chi connectivity index (χ2v) is 6.88. The number of amides is 1. The summed E-state index contributed by atoms with van der Waals surface area (Å²) in [7, 11) is 1.43. The van der Waals surface area contributed by atoms with Crippen LogP contribution in [0.15, 0.2) is 0 Å². The first-order valence-corrected chi connectivity index (χ1v) is 8.73. The van der Waals surface area contributed by atoms with Crippen LogP contribution < -0.4 is 5.32 Å². The van der Waals surface area contributed by atoms with Gasteiger partial charge in [0.15, 0.2) is 0 Å². The number of carbonyl (C=O) groups is 2. The number of esters is 1. The molecule has 132 valence electrons. The zero-order chi connectivity index (χ0) is 16.8. The Labute approximate surface area is 138 Å². The van der Waals surface area contributed by atoms with Gasteiger partial charge in [0.25, 0.3) is 0 Å². The molecule has 2 aliphatic rings. The largest absolute Gasteiger partial charge is 0.468 e.